The van der Waals surface area contributed by atoms with Crippen LogP contribution >= 0.6 is 11.6 Å². The average Bonchev–Trinajstić information content (AvgIpc) is 2.83. The first-order chi connectivity index (χ1) is 17.1. The highest BCUT2D eigenvalue weighted by atomic mass is 35.5. The number of rotatable bonds is 7. The predicted molar refractivity (Wildman–Crippen MR) is 146 cm³/mol. The molecule has 1 aliphatic rings. The molecule has 1 amide bonds. The summed E-state index contributed by atoms with van der Waals surface area (Å²) in [5.41, 5.74) is 5.96. The third kappa shape index (κ3) is 5.55. The van der Waals surface area contributed by atoms with Crippen LogP contribution in [0.3, 0.4) is 0 Å². The molecule has 0 aromatic heterocycles. The van der Waals surface area contributed by atoms with Gasteiger partial charge < -0.3 is 20.2 Å². The van der Waals surface area contributed by atoms with E-state index in [0.29, 0.717) is 17.0 Å². The van der Waals surface area contributed by atoms with Crippen LogP contribution in [0.25, 0.3) is 11.1 Å². The van der Waals surface area contributed by atoms with Gasteiger partial charge >= 0.3 is 5.97 Å². The van der Waals surface area contributed by atoms with Crippen molar-refractivity contribution in [2.75, 3.05) is 30.9 Å². The number of carboxylic acids is 1. The zero-order valence-corrected chi connectivity index (χ0v) is 21.8. The van der Waals surface area contributed by atoms with Crippen molar-refractivity contribution < 1.29 is 14.7 Å². The first-order valence-electron chi connectivity index (χ1n) is 12.1. The number of amides is 1. The van der Waals surface area contributed by atoms with Crippen LogP contribution < -0.4 is 10.2 Å². The molecular weight excluding hydrogens is 474 g/mol. The van der Waals surface area contributed by atoms with Gasteiger partial charge in [0.25, 0.3) is 0 Å². The summed E-state index contributed by atoms with van der Waals surface area (Å²) in [6, 6.07) is 19.3. The van der Waals surface area contributed by atoms with E-state index in [1.165, 1.54) is 0 Å². The number of carbonyl (C=O) groups is 2. The summed E-state index contributed by atoms with van der Waals surface area (Å²) in [5, 5.41) is 14.0. The van der Waals surface area contributed by atoms with Crippen molar-refractivity contribution in [1.82, 2.24) is 4.90 Å². The zero-order valence-electron chi connectivity index (χ0n) is 21.1. The molecule has 188 valence electrons. The van der Waals surface area contributed by atoms with Gasteiger partial charge in [0.1, 0.15) is 0 Å². The summed E-state index contributed by atoms with van der Waals surface area (Å²) in [4.78, 5) is 28.2. The maximum atomic E-state index is 12.5. The Morgan fingerprint density at radius 2 is 1.72 bits per heavy atom. The van der Waals surface area contributed by atoms with E-state index in [4.69, 9.17) is 11.6 Å². The van der Waals surface area contributed by atoms with E-state index in [-0.39, 0.29) is 18.0 Å². The van der Waals surface area contributed by atoms with Crippen molar-refractivity contribution in [3.05, 3.63) is 82.4 Å². The molecule has 7 heteroatoms. The fraction of sp³-hybridized carbons (Fsp3) is 0.310. The lowest BCUT2D eigenvalue weighted by atomic mass is 9.88. The van der Waals surface area contributed by atoms with Crippen LogP contribution in [0, 0.1) is 0 Å². The molecule has 2 N–H and O–H groups in total. The minimum atomic E-state index is -0.918. The molecule has 3 aromatic rings. The molecule has 0 saturated carbocycles. The first kappa shape index (κ1) is 25.7. The van der Waals surface area contributed by atoms with Crippen LogP contribution in [0.1, 0.15) is 47.8 Å². The van der Waals surface area contributed by atoms with Gasteiger partial charge in [-0.3, -0.25) is 4.79 Å². The highest BCUT2D eigenvalue weighted by Crippen LogP contribution is 2.41. The number of hydrogen-bond acceptors (Lipinski definition) is 4. The van der Waals surface area contributed by atoms with E-state index in [9.17, 15) is 14.7 Å². The lowest BCUT2D eigenvalue weighted by Gasteiger charge is -2.39. The predicted octanol–water partition coefficient (Wildman–Crippen LogP) is 6.11. The van der Waals surface area contributed by atoms with E-state index in [0.717, 1.165) is 46.6 Å². The number of halogens is 1. The number of nitrogens with one attached hydrogen (secondary N) is 1. The van der Waals surface area contributed by atoms with E-state index in [1.807, 2.05) is 72.4 Å². The number of hydrogen-bond donors (Lipinski definition) is 2. The Hall–Kier alpha value is -3.35. The van der Waals surface area contributed by atoms with Crippen molar-refractivity contribution in [2.24, 2.45) is 0 Å². The van der Waals surface area contributed by atoms with Crippen molar-refractivity contribution in [3.63, 3.8) is 0 Å². The van der Waals surface area contributed by atoms with Gasteiger partial charge in [-0.15, -0.1) is 0 Å². The Bertz CT molecular complexity index is 1270. The Balaban J connectivity index is 1.76. The Morgan fingerprint density at radius 3 is 2.36 bits per heavy atom. The quantitative estimate of drug-likeness (QED) is 0.405. The highest BCUT2D eigenvalue weighted by Gasteiger charge is 2.32. The Morgan fingerprint density at radius 1 is 1.06 bits per heavy atom. The maximum Gasteiger partial charge on any atom is 0.335 e. The second-order valence-electron chi connectivity index (χ2n) is 9.68. The number of anilines is 2. The minimum Gasteiger partial charge on any atom is -0.478 e. The standard InChI is InChI=1S/C29H32ClN3O3/c1-18-15-27(31-24-9-7-23(30)8-10-24)26-17-21(6-12-28(26)33(18)19(2)34)20-5-11-25(29(35)36)22(16-20)13-14-32(3)4/h5-12,16-18,27,31H,13-15H2,1-4H3,(H,35,36)/t18-,27+/m0/s1. The largest absolute Gasteiger partial charge is 0.478 e. The fourth-order valence-corrected chi connectivity index (χ4v) is 5.07. The van der Waals surface area contributed by atoms with Gasteiger partial charge in [-0.25, -0.2) is 4.79 Å². The molecule has 0 unspecified atom stereocenters. The third-order valence-electron chi connectivity index (χ3n) is 6.70. The first-order valence-corrected chi connectivity index (χ1v) is 12.5. The molecule has 0 aliphatic carbocycles. The summed E-state index contributed by atoms with van der Waals surface area (Å²) >= 11 is 6.07. The van der Waals surface area contributed by atoms with Crippen molar-refractivity contribution >= 4 is 34.9 Å². The van der Waals surface area contributed by atoms with Gasteiger partial charge in [-0.05, 0) is 98.6 Å². The summed E-state index contributed by atoms with van der Waals surface area (Å²) in [7, 11) is 3.95. The second kappa shape index (κ2) is 10.7. The van der Waals surface area contributed by atoms with Crippen molar-refractivity contribution in [3.8, 4) is 11.1 Å². The van der Waals surface area contributed by atoms with Crippen LogP contribution in [0.2, 0.25) is 5.02 Å². The molecule has 1 aliphatic heterocycles. The highest BCUT2D eigenvalue weighted by molar-refractivity contribution is 6.30. The molecular formula is C29H32ClN3O3. The number of benzene rings is 3. The molecule has 0 fully saturated rings. The van der Waals surface area contributed by atoms with E-state index in [2.05, 4.69) is 18.3 Å². The van der Waals surface area contributed by atoms with Gasteiger partial charge in [0.15, 0.2) is 0 Å². The van der Waals surface area contributed by atoms with Gasteiger partial charge in [-0.2, -0.15) is 0 Å². The smallest absolute Gasteiger partial charge is 0.335 e. The van der Waals surface area contributed by atoms with Gasteiger partial charge in [0.05, 0.1) is 11.6 Å². The van der Waals surface area contributed by atoms with Gasteiger partial charge in [0.2, 0.25) is 5.91 Å². The molecule has 2 atom stereocenters. The molecule has 0 bridgehead atoms. The normalized spacial score (nSPS) is 17.1. The van der Waals surface area contributed by atoms with Crippen LogP contribution in [-0.4, -0.2) is 48.6 Å². The fourth-order valence-electron chi connectivity index (χ4n) is 4.94. The minimum absolute atomic E-state index is 0.00164. The number of likely N-dealkylation sites (N-methyl/N-ethyl adjacent to an activating group) is 1. The molecule has 3 aromatic carbocycles. The van der Waals surface area contributed by atoms with Crippen LogP contribution in [0.15, 0.2) is 60.7 Å². The number of carboxylic acid groups (broad SMARTS) is 1. The monoisotopic (exact) mass is 505 g/mol. The van der Waals surface area contributed by atoms with Gasteiger partial charge in [-0.1, -0.05) is 29.8 Å². The molecule has 0 radical (unpaired) electrons. The van der Waals surface area contributed by atoms with Crippen molar-refractivity contribution in [1.29, 1.82) is 0 Å². The third-order valence-corrected chi connectivity index (χ3v) is 6.95. The Kier molecular flexibility index (Phi) is 7.67. The van der Waals surface area contributed by atoms with Crippen LogP contribution in [-0.2, 0) is 11.2 Å². The van der Waals surface area contributed by atoms with E-state index < -0.39 is 5.97 Å². The molecule has 1 heterocycles. The molecule has 4 rings (SSSR count). The average molecular weight is 506 g/mol. The molecule has 0 spiro atoms. The SMILES string of the molecule is CC(=O)N1c2ccc(-c3ccc(C(=O)O)c(CCN(C)C)c3)cc2[C@H](Nc2ccc(Cl)cc2)C[C@@H]1C. The summed E-state index contributed by atoms with van der Waals surface area (Å²) in [5.74, 6) is -0.905. The maximum absolute atomic E-state index is 12.5. The van der Waals surface area contributed by atoms with Crippen LogP contribution in [0.4, 0.5) is 11.4 Å². The lowest BCUT2D eigenvalue weighted by molar-refractivity contribution is -0.117. The summed E-state index contributed by atoms with van der Waals surface area (Å²) < 4.78 is 0. The number of aromatic carboxylic acids is 1. The lowest BCUT2D eigenvalue weighted by Crippen LogP contribution is -2.43. The summed E-state index contributed by atoms with van der Waals surface area (Å²) in [6.45, 7) is 4.42. The van der Waals surface area contributed by atoms with Crippen molar-refractivity contribution in [2.45, 2.75) is 38.8 Å². The number of nitrogens with zero attached hydrogens (tertiary/aromatic N) is 2. The van der Waals surface area contributed by atoms with Gasteiger partial charge in [0, 0.05) is 35.9 Å². The second-order valence-corrected chi connectivity index (χ2v) is 10.1. The van der Waals surface area contributed by atoms with E-state index >= 15 is 0 Å². The number of fused-ring (bicyclic) bond motifs is 1. The summed E-state index contributed by atoms with van der Waals surface area (Å²) in [6.07, 6.45) is 1.40. The van der Waals surface area contributed by atoms with Crippen LogP contribution in [0.5, 0.6) is 0 Å². The van der Waals surface area contributed by atoms with E-state index in [1.54, 1.807) is 13.0 Å². The molecule has 36 heavy (non-hydrogen) atoms. The Labute approximate surface area is 217 Å². The zero-order chi connectivity index (χ0) is 26.0. The molecule has 6 nitrogen and oxygen atoms in total. The number of carbonyl (C=O) groups excluding carboxylic acids is 1. The topological polar surface area (TPSA) is 72.9 Å². The molecule has 0 saturated heterocycles.